The summed E-state index contributed by atoms with van der Waals surface area (Å²) < 4.78 is 36.1. The maximum Gasteiger partial charge on any atom is 0.471 e. The van der Waals surface area contributed by atoms with Crippen molar-refractivity contribution < 1.29 is 18.0 Å². The average Bonchev–Trinajstić information content (AvgIpc) is 2.28. The number of hydrogen-bond donors (Lipinski definition) is 0. The van der Waals surface area contributed by atoms with Gasteiger partial charge in [0.15, 0.2) is 0 Å². The first kappa shape index (κ1) is 10.1. The molecule has 0 fully saturated rings. The molecule has 72 valence electrons. The van der Waals surface area contributed by atoms with Crippen LogP contribution >= 0.6 is 0 Å². The van der Waals surface area contributed by atoms with Crippen molar-refractivity contribution in [3.8, 4) is 0 Å². The largest absolute Gasteiger partial charge is 0.471 e. The van der Waals surface area contributed by atoms with Crippen molar-refractivity contribution in [2.24, 2.45) is 0 Å². The van der Waals surface area contributed by atoms with Crippen LogP contribution in [0.5, 0.6) is 0 Å². The maximum absolute atomic E-state index is 12.0. The molecule has 0 N–H and O–H groups in total. The molecule has 2 atom stereocenters. The molecule has 0 saturated carbocycles. The molecular weight excluding hydrogens is 182 g/mol. The Morgan fingerprint density at radius 3 is 2.31 bits per heavy atom. The van der Waals surface area contributed by atoms with Crippen molar-refractivity contribution in [3.05, 3.63) is 12.2 Å². The number of carbonyl (C=O) groups is 1. The summed E-state index contributed by atoms with van der Waals surface area (Å²) in [5.74, 6) is -2.23. The average molecular weight is 191 g/mol. The molecule has 1 aliphatic heterocycles. The summed E-state index contributed by atoms with van der Waals surface area (Å²) in [4.78, 5) is 11.7. The first-order valence-corrected chi connectivity index (χ1v) is 3.92. The van der Waals surface area contributed by atoms with E-state index in [0.29, 0.717) is 0 Å². The van der Waals surface area contributed by atoms with E-state index in [1.165, 1.54) is 0 Å². The Bertz CT molecular complexity index is 239. The molecule has 0 spiro atoms. The minimum atomic E-state index is -4.77. The van der Waals surface area contributed by atoms with Crippen LogP contribution in [-0.2, 0) is 4.79 Å². The molecular formula is C7H9BF3NO. The van der Waals surface area contributed by atoms with E-state index in [1.807, 2.05) is 0 Å². The lowest BCUT2D eigenvalue weighted by molar-refractivity contribution is -0.186. The molecule has 6 heteroatoms. The van der Waals surface area contributed by atoms with Gasteiger partial charge in [-0.05, 0) is 6.92 Å². The van der Waals surface area contributed by atoms with Gasteiger partial charge in [0, 0.05) is 12.0 Å². The Labute approximate surface area is 74.8 Å². The quantitative estimate of drug-likeness (QED) is 0.398. The fraction of sp³-hybridized carbons (Fsp3) is 0.571. The first-order valence-electron chi connectivity index (χ1n) is 3.92. The van der Waals surface area contributed by atoms with Crippen molar-refractivity contribution in [1.29, 1.82) is 0 Å². The van der Waals surface area contributed by atoms with Crippen LogP contribution in [-0.4, -0.2) is 36.8 Å². The standard InChI is InChI=1S/C7H9BF3NO/c1-4-2-3-5(8)12(4)6(13)7(9,10)11/h2-5H,8H2,1H3/t4-,5-/m1/s1. The molecule has 0 aromatic carbocycles. The SMILES string of the molecule is B[C@H]1C=C[C@@H](C)N1C(=O)C(F)(F)F. The number of rotatable bonds is 0. The highest BCUT2D eigenvalue weighted by molar-refractivity contribution is 6.15. The van der Waals surface area contributed by atoms with E-state index in [-0.39, 0.29) is 0 Å². The van der Waals surface area contributed by atoms with Gasteiger partial charge in [0.25, 0.3) is 0 Å². The first-order chi connectivity index (χ1) is 5.84. The molecule has 1 aliphatic rings. The van der Waals surface area contributed by atoms with Gasteiger partial charge in [-0.3, -0.25) is 4.79 Å². The Morgan fingerprint density at radius 1 is 1.46 bits per heavy atom. The summed E-state index contributed by atoms with van der Waals surface area (Å²) in [5, 5.41) is 0. The number of alkyl halides is 3. The van der Waals surface area contributed by atoms with Crippen LogP contribution in [0.3, 0.4) is 0 Å². The molecule has 0 aromatic rings. The summed E-state index contributed by atoms with van der Waals surface area (Å²) in [5.41, 5.74) is 0. The summed E-state index contributed by atoms with van der Waals surface area (Å²) in [6.45, 7) is 1.56. The van der Waals surface area contributed by atoms with Gasteiger partial charge in [0.05, 0.1) is 0 Å². The Balaban J connectivity index is 2.79. The summed E-state index contributed by atoms with van der Waals surface area (Å²) in [6.07, 6.45) is -1.59. The predicted molar refractivity (Wildman–Crippen MR) is 43.8 cm³/mol. The molecule has 1 amide bonds. The number of hydrogen-bond acceptors (Lipinski definition) is 1. The van der Waals surface area contributed by atoms with Crippen LogP contribution in [0.15, 0.2) is 12.2 Å². The fourth-order valence-electron chi connectivity index (χ4n) is 1.39. The minimum absolute atomic E-state index is 0.468. The van der Waals surface area contributed by atoms with Crippen molar-refractivity contribution >= 4 is 13.8 Å². The third kappa shape index (κ3) is 1.87. The zero-order valence-corrected chi connectivity index (χ0v) is 7.30. The zero-order valence-electron chi connectivity index (χ0n) is 7.30. The van der Waals surface area contributed by atoms with Gasteiger partial charge >= 0.3 is 12.1 Å². The van der Waals surface area contributed by atoms with Crippen LogP contribution in [0.2, 0.25) is 0 Å². The van der Waals surface area contributed by atoms with Crippen LogP contribution in [0, 0.1) is 0 Å². The molecule has 0 aliphatic carbocycles. The molecule has 0 unspecified atom stereocenters. The van der Waals surface area contributed by atoms with Crippen LogP contribution in [0.25, 0.3) is 0 Å². The van der Waals surface area contributed by atoms with Gasteiger partial charge in [-0.25, -0.2) is 0 Å². The fourth-order valence-corrected chi connectivity index (χ4v) is 1.39. The van der Waals surface area contributed by atoms with E-state index in [1.54, 1.807) is 26.9 Å². The van der Waals surface area contributed by atoms with Crippen LogP contribution in [0.4, 0.5) is 13.2 Å². The van der Waals surface area contributed by atoms with Crippen molar-refractivity contribution in [2.75, 3.05) is 0 Å². The van der Waals surface area contributed by atoms with Gasteiger partial charge in [0.1, 0.15) is 7.85 Å². The molecule has 2 nitrogen and oxygen atoms in total. The molecule has 0 aromatic heterocycles. The monoisotopic (exact) mass is 191 g/mol. The Morgan fingerprint density at radius 2 is 2.00 bits per heavy atom. The highest BCUT2D eigenvalue weighted by atomic mass is 19.4. The van der Waals surface area contributed by atoms with E-state index in [0.717, 1.165) is 4.90 Å². The topological polar surface area (TPSA) is 20.3 Å². The van der Waals surface area contributed by atoms with E-state index in [4.69, 9.17) is 0 Å². The van der Waals surface area contributed by atoms with E-state index in [9.17, 15) is 18.0 Å². The molecule has 0 bridgehead atoms. The number of amides is 1. The predicted octanol–water partition coefficient (Wildman–Crippen LogP) is 0.295. The third-order valence-corrected chi connectivity index (χ3v) is 2.02. The lowest BCUT2D eigenvalue weighted by Crippen LogP contribution is -2.47. The lowest BCUT2D eigenvalue weighted by Gasteiger charge is -2.27. The Kier molecular flexibility index (Phi) is 2.41. The second-order valence-corrected chi connectivity index (χ2v) is 3.08. The van der Waals surface area contributed by atoms with Gasteiger partial charge in [-0.15, -0.1) is 0 Å². The van der Waals surface area contributed by atoms with E-state index in [2.05, 4.69) is 0 Å². The number of carbonyl (C=O) groups excluding carboxylic acids is 1. The molecule has 1 rings (SSSR count). The van der Waals surface area contributed by atoms with Gasteiger partial charge in [0.2, 0.25) is 0 Å². The zero-order chi connectivity index (χ0) is 10.2. The molecule has 13 heavy (non-hydrogen) atoms. The number of nitrogens with zero attached hydrogens (tertiary/aromatic N) is 1. The van der Waals surface area contributed by atoms with Crippen molar-refractivity contribution in [3.63, 3.8) is 0 Å². The summed E-state index contributed by atoms with van der Waals surface area (Å²) >= 11 is 0. The normalized spacial score (nSPS) is 28.2. The van der Waals surface area contributed by atoms with Crippen LogP contribution in [0.1, 0.15) is 6.92 Å². The van der Waals surface area contributed by atoms with Crippen molar-refractivity contribution in [1.82, 2.24) is 4.90 Å². The van der Waals surface area contributed by atoms with Gasteiger partial charge in [-0.2, -0.15) is 13.2 Å². The minimum Gasteiger partial charge on any atom is -0.330 e. The Hall–Kier alpha value is -0.935. The van der Waals surface area contributed by atoms with Gasteiger partial charge < -0.3 is 4.90 Å². The van der Waals surface area contributed by atoms with E-state index >= 15 is 0 Å². The molecule has 0 saturated heterocycles. The smallest absolute Gasteiger partial charge is 0.330 e. The summed E-state index contributed by atoms with van der Waals surface area (Å²) in [6, 6.07) is -0.468. The number of halogens is 3. The molecule has 0 radical (unpaired) electrons. The van der Waals surface area contributed by atoms with Crippen LogP contribution < -0.4 is 0 Å². The summed E-state index contributed by atoms with van der Waals surface area (Å²) in [7, 11) is 1.56. The second-order valence-electron chi connectivity index (χ2n) is 3.08. The second kappa shape index (κ2) is 3.08. The highest BCUT2D eigenvalue weighted by Gasteiger charge is 2.45. The maximum atomic E-state index is 12.0. The van der Waals surface area contributed by atoms with E-state index < -0.39 is 24.1 Å². The van der Waals surface area contributed by atoms with Crippen molar-refractivity contribution in [2.45, 2.75) is 25.1 Å². The third-order valence-electron chi connectivity index (χ3n) is 2.02. The van der Waals surface area contributed by atoms with Gasteiger partial charge in [-0.1, -0.05) is 12.2 Å². The molecule has 1 heterocycles. The highest BCUT2D eigenvalue weighted by Crippen LogP contribution is 2.24. The lowest BCUT2D eigenvalue weighted by atomic mass is 9.96.